The number of aryl methyl sites for hydroxylation is 2. The van der Waals surface area contributed by atoms with E-state index in [1.165, 1.54) is 0 Å². The normalized spacial score (nSPS) is 10.9. The molecule has 0 fully saturated rings. The smallest absolute Gasteiger partial charge is 0.124 e. The highest BCUT2D eigenvalue weighted by Crippen LogP contribution is 2.36. The van der Waals surface area contributed by atoms with Crippen LogP contribution in [0.4, 0.5) is 0 Å². The quantitative estimate of drug-likeness (QED) is 0.549. The van der Waals surface area contributed by atoms with E-state index in [-0.39, 0.29) is 11.5 Å². The molecule has 0 saturated heterocycles. The number of nitrogens with zero attached hydrogens (tertiary/aromatic N) is 1. The highest BCUT2D eigenvalue weighted by atomic mass is 32.2. The summed E-state index contributed by atoms with van der Waals surface area (Å²) in [5, 5.41) is 20.6. The fourth-order valence-corrected chi connectivity index (χ4v) is 3.62. The molecule has 0 aliphatic carbocycles. The monoisotopic (exact) mass is 365 g/mol. The van der Waals surface area contributed by atoms with Gasteiger partial charge in [0.1, 0.15) is 11.5 Å². The minimum Gasteiger partial charge on any atom is -0.507 e. The van der Waals surface area contributed by atoms with E-state index in [9.17, 15) is 10.2 Å². The van der Waals surface area contributed by atoms with Gasteiger partial charge in [-0.15, -0.1) is 11.8 Å². The molecule has 0 radical (unpaired) electrons. The minimum atomic E-state index is 0.208. The molecule has 0 atom stereocenters. The maximum atomic E-state index is 10.3. The van der Waals surface area contributed by atoms with Crippen LogP contribution in [0.15, 0.2) is 53.4 Å². The predicted octanol–water partition coefficient (Wildman–Crippen LogP) is 5.95. The Balaban J connectivity index is 2.18. The van der Waals surface area contributed by atoms with E-state index in [1.54, 1.807) is 23.9 Å². The Morgan fingerprint density at radius 3 is 1.77 bits per heavy atom. The lowest BCUT2D eigenvalue weighted by Crippen LogP contribution is -1.92. The van der Waals surface area contributed by atoms with Crippen molar-refractivity contribution in [3.8, 4) is 34.0 Å². The number of thioether (sulfide) groups is 1. The highest BCUT2D eigenvalue weighted by molar-refractivity contribution is 7.99. The molecule has 26 heavy (non-hydrogen) atoms. The Morgan fingerprint density at radius 1 is 0.808 bits per heavy atom. The molecule has 0 aliphatic heterocycles. The fourth-order valence-electron chi connectivity index (χ4n) is 2.79. The average molecular weight is 365 g/mol. The van der Waals surface area contributed by atoms with Crippen LogP contribution in [0.25, 0.3) is 22.5 Å². The number of phenols is 2. The molecule has 1 aromatic heterocycles. The van der Waals surface area contributed by atoms with Gasteiger partial charge in [-0.2, -0.15) is 0 Å². The van der Waals surface area contributed by atoms with Crippen LogP contribution in [-0.4, -0.2) is 20.9 Å². The van der Waals surface area contributed by atoms with Crippen molar-refractivity contribution < 1.29 is 10.2 Å². The molecule has 0 unspecified atom stereocenters. The van der Waals surface area contributed by atoms with Gasteiger partial charge in [0.15, 0.2) is 0 Å². The zero-order valence-electron chi connectivity index (χ0n) is 15.3. The summed E-state index contributed by atoms with van der Waals surface area (Å²) in [5.41, 5.74) is 4.96. The standard InChI is InChI=1S/C22H23NO2S/c1-4-9-26-16-12-19(17-10-14(2)5-7-21(17)24)23-20(13-16)18-11-15(3)6-8-22(18)25/h5-8,10-13,24-25H,4,9H2,1-3H3. The number of benzene rings is 2. The number of pyridine rings is 1. The predicted molar refractivity (Wildman–Crippen MR) is 109 cm³/mol. The Morgan fingerprint density at radius 2 is 1.31 bits per heavy atom. The zero-order chi connectivity index (χ0) is 18.7. The Kier molecular flexibility index (Phi) is 5.52. The molecule has 2 N–H and O–H groups in total. The largest absolute Gasteiger partial charge is 0.507 e. The Bertz CT molecular complexity index is 868. The molecule has 3 nitrogen and oxygen atoms in total. The van der Waals surface area contributed by atoms with Crippen molar-refractivity contribution in [3.05, 3.63) is 59.7 Å². The molecule has 4 heteroatoms. The number of hydrogen-bond donors (Lipinski definition) is 2. The van der Waals surface area contributed by atoms with Gasteiger partial charge in [-0.1, -0.05) is 30.2 Å². The summed E-state index contributed by atoms with van der Waals surface area (Å²) in [4.78, 5) is 5.83. The van der Waals surface area contributed by atoms with Gasteiger partial charge in [-0.25, -0.2) is 4.98 Å². The first-order valence-electron chi connectivity index (χ1n) is 8.73. The van der Waals surface area contributed by atoms with Gasteiger partial charge < -0.3 is 10.2 Å². The molecular weight excluding hydrogens is 342 g/mol. The van der Waals surface area contributed by atoms with Crippen molar-refractivity contribution in [1.82, 2.24) is 4.98 Å². The van der Waals surface area contributed by atoms with Gasteiger partial charge in [0.2, 0.25) is 0 Å². The van der Waals surface area contributed by atoms with Crippen molar-refractivity contribution in [3.63, 3.8) is 0 Å². The summed E-state index contributed by atoms with van der Waals surface area (Å²) < 4.78 is 0. The molecule has 2 aromatic carbocycles. The first kappa shape index (κ1) is 18.3. The first-order chi connectivity index (χ1) is 12.5. The molecule has 0 aliphatic rings. The van der Waals surface area contributed by atoms with E-state index in [4.69, 9.17) is 4.98 Å². The van der Waals surface area contributed by atoms with Crippen LogP contribution in [0, 0.1) is 13.8 Å². The van der Waals surface area contributed by atoms with E-state index < -0.39 is 0 Å². The molecule has 0 amide bonds. The molecule has 0 bridgehead atoms. The van der Waals surface area contributed by atoms with Gasteiger partial charge in [-0.05, 0) is 62.4 Å². The SMILES string of the molecule is CCCSc1cc(-c2cc(C)ccc2O)nc(-c2cc(C)ccc2O)c1. The van der Waals surface area contributed by atoms with Crippen LogP contribution in [0.1, 0.15) is 24.5 Å². The molecule has 3 rings (SSSR count). The van der Waals surface area contributed by atoms with Crippen LogP contribution in [-0.2, 0) is 0 Å². The lowest BCUT2D eigenvalue weighted by molar-refractivity contribution is 0.477. The van der Waals surface area contributed by atoms with Gasteiger partial charge in [-0.3, -0.25) is 0 Å². The van der Waals surface area contributed by atoms with Crippen molar-refractivity contribution in [1.29, 1.82) is 0 Å². The van der Waals surface area contributed by atoms with Gasteiger partial charge in [0.05, 0.1) is 11.4 Å². The first-order valence-corrected chi connectivity index (χ1v) is 9.71. The number of rotatable bonds is 5. The Hall–Kier alpha value is -2.46. The summed E-state index contributed by atoms with van der Waals surface area (Å²) in [6.45, 7) is 6.13. The summed E-state index contributed by atoms with van der Waals surface area (Å²) >= 11 is 1.75. The zero-order valence-corrected chi connectivity index (χ0v) is 16.1. The second-order valence-corrected chi connectivity index (χ2v) is 7.63. The van der Waals surface area contributed by atoms with Crippen molar-refractivity contribution in [2.75, 3.05) is 5.75 Å². The van der Waals surface area contributed by atoms with E-state index in [2.05, 4.69) is 6.92 Å². The average Bonchev–Trinajstić information content (AvgIpc) is 2.63. The van der Waals surface area contributed by atoms with Gasteiger partial charge in [0, 0.05) is 16.0 Å². The second-order valence-electron chi connectivity index (χ2n) is 6.46. The van der Waals surface area contributed by atoms with Crippen LogP contribution in [0.2, 0.25) is 0 Å². The molecular formula is C22H23NO2S. The van der Waals surface area contributed by atoms with E-state index in [1.807, 2.05) is 50.2 Å². The molecule has 0 spiro atoms. The number of aromatic hydroxyl groups is 2. The second kappa shape index (κ2) is 7.83. The van der Waals surface area contributed by atoms with E-state index in [0.717, 1.165) is 28.2 Å². The van der Waals surface area contributed by atoms with Crippen LogP contribution >= 0.6 is 11.8 Å². The summed E-state index contributed by atoms with van der Waals surface area (Å²) in [6, 6.07) is 15.0. The lowest BCUT2D eigenvalue weighted by Gasteiger charge is -2.12. The van der Waals surface area contributed by atoms with Crippen LogP contribution in [0.3, 0.4) is 0 Å². The lowest BCUT2D eigenvalue weighted by atomic mass is 10.0. The molecule has 1 heterocycles. The van der Waals surface area contributed by atoms with Crippen molar-refractivity contribution >= 4 is 11.8 Å². The fraction of sp³-hybridized carbons (Fsp3) is 0.227. The Labute approximate surface area is 158 Å². The maximum Gasteiger partial charge on any atom is 0.124 e. The topological polar surface area (TPSA) is 53.4 Å². The van der Waals surface area contributed by atoms with Gasteiger partial charge >= 0.3 is 0 Å². The van der Waals surface area contributed by atoms with E-state index >= 15 is 0 Å². The van der Waals surface area contributed by atoms with E-state index in [0.29, 0.717) is 22.5 Å². The third kappa shape index (κ3) is 4.02. The molecule has 0 saturated carbocycles. The number of phenolic OH excluding ortho intramolecular Hbond substituents is 2. The third-order valence-corrected chi connectivity index (χ3v) is 5.31. The van der Waals surface area contributed by atoms with Crippen LogP contribution < -0.4 is 0 Å². The highest BCUT2D eigenvalue weighted by Gasteiger charge is 2.13. The van der Waals surface area contributed by atoms with Gasteiger partial charge in [0.25, 0.3) is 0 Å². The minimum absolute atomic E-state index is 0.208. The summed E-state index contributed by atoms with van der Waals surface area (Å²) in [6.07, 6.45) is 1.07. The number of hydrogen-bond acceptors (Lipinski definition) is 4. The molecule has 134 valence electrons. The van der Waals surface area contributed by atoms with Crippen molar-refractivity contribution in [2.24, 2.45) is 0 Å². The summed E-state index contributed by atoms with van der Waals surface area (Å²) in [5.74, 6) is 1.42. The van der Waals surface area contributed by atoms with Crippen LogP contribution in [0.5, 0.6) is 11.5 Å². The summed E-state index contributed by atoms with van der Waals surface area (Å²) in [7, 11) is 0. The molecule has 3 aromatic rings. The number of aromatic nitrogens is 1. The maximum absolute atomic E-state index is 10.3. The third-order valence-electron chi connectivity index (χ3n) is 4.13. The van der Waals surface area contributed by atoms with Crippen molar-refractivity contribution in [2.45, 2.75) is 32.1 Å².